The number of aromatic nitrogens is 4. The second-order valence-electron chi connectivity index (χ2n) is 6.45. The zero-order valence-corrected chi connectivity index (χ0v) is 14.1. The van der Waals surface area contributed by atoms with E-state index in [0.29, 0.717) is 5.69 Å². The molecule has 0 saturated carbocycles. The highest BCUT2D eigenvalue weighted by atomic mass is 16.2. The normalized spacial score (nSPS) is 12.8. The van der Waals surface area contributed by atoms with E-state index in [1.165, 1.54) is 0 Å². The number of rotatable bonds is 4. The minimum absolute atomic E-state index is 0.150. The first-order valence-corrected chi connectivity index (χ1v) is 8.32. The van der Waals surface area contributed by atoms with E-state index in [9.17, 15) is 4.79 Å². The van der Waals surface area contributed by atoms with E-state index >= 15 is 0 Å². The summed E-state index contributed by atoms with van der Waals surface area (Å²) in [6.45, 7) is 4.11. The number of H-pyrrole nitrogens is 1. The van der Waals surface area contributed by atoms with Crippen LogP contribution in [0.25, 0.3) is 16.6 Å². The maximum Gasteiger partial charge on any atom is 0.268 e. The lowest BCUT2D eigenvalue weighted by molar-refractivity contribution is 0.0918. The van der Waals surface area contributed by atoms with E-state index in [4.69, 9.17) is 0 Å². The summed E-state index contributed by atoms with van der Waals surface area (Å²) in [6.07, 6.45) is 1.91. The van der Waals surface area contributed by atoms with E-state index < -0.39 is 0 Å². The van der Waals surface area contributed by atoms with Crippen molar-refractivity contribution < 1.29 is 4.79 Å². The molecular weight excluding hydrogens is 314 g/mol. The van der Waals surface area contributed by atoms with E-state index in [-0.39, 0.29) is 17.9 Å². The fourth-order valence-corrected chi connectivity index (χ4v) is 3.02. The van der Waals surface area contributed by atoms with Crippen LogP contribution in [-0.2, 0) is 0 Å². The fourth-order valence-electron chi connectivity index (χ4n) is 3.02. The summed E-state index contributed by atoms with van der Waals surface area (Å²) in [6, 6.07) is 15.2. The molecule has 126 valence electrons. The predicted octanol–water partition coefficient (Wildman–Crippen LogP) is 3.34. The van der Waals surface area contributed by atoms with Crippen LogP contribution in [0.1, 0.15) is 36.2 Å². The van der Waals surface area contributed by atoms with Crippen LogP contribution in [0.2, 0.25) is 0 Å². The molecule has 0 fully saturated rings. The Kier molecular flexibility index (Phi) is 3.72. The first kappa shape index (κ1) is 15.4. The third-order valence-corrected chi connectivity index (χ3v) is 4.35. The Morgan fingerprint density at radius 3 is 2.72 bits per heavy atom. The maximum absolute atomic E-state index is 12.8. The largest absolute Gasteiger partial charge is 0.351 e. The van der Waals surface area contributed by atoms with Crippen LogP contribution in [0, 0.1) is 5.92 Å². The minimum atomic E-state index is -0.240. The van der Waals surface area contributed by atoms with Gasteiger partial charge in [-0.05, 0) is 30.2 Å². The molecule has 0 spiro atoms. The lowest BCUT2D eigenvalue weighted by Gasteiger charge is -2.20. The Bertz CT molecular complexity index is 1010. The number of fused-ring (bicyclic) bond motifs is 2. The highest BCUT2D eigenvalue weighted by Gasteiger charge is 2.24. The average Bonchev–Trinajstić information content (AvgIpc) is 3.23. The lowest BCUT2D eigenvalue weighted by atomic mass is 10.0. The van der Waals surface area contributed by atoms with Gasteiger partial charge in [0, 0.05) is 17.1 Å². The summed E-state index contributed by atoms with van der Waals surface area (Å²) in [5.41, 5.74) is 2.25. The molecule has 0 radical (unpaired) electrons. The summed E-state index contributed by atoms with van der Waals surface area (Å²) < 4.78 is 1.91. The molecule has 4 aromatic rings. The SMILES string of the molecule is CC(C)C(NC(=O)c1cc2ccccc2[nH]1)c1nnc2ccccn12. The number of pyridine rings is 1. The van der Waals surface area contributed by atoms with Crippen molar-refractivity contribution >= 4 is 22.5 Å². The van der Waals surface area contributed by atoms with E-state index in [2.05, 4.69) is 34.3 Å². The average molecular weight is 333 g/mol. The number of amides is 1. The molecule has 3 aromatic heterocycles. The number of aromatic amines is 1. The minimum Gasteiger partial charge on any atom is -0.351 e. The molecule has 6 nitrogen and oxygen atoms in total. The molecule has 25 heavy (non-hydrogen) atoms. The molecular formula is C19H19N5O. The number of hydrogen-bond donors (Lipinski definition) is 2. The van der Waals surface area contributed by atoms with Crippen molar-refractivity contribution in [2.24, 2.45) is 5.92 Å². The van der Waals surface area contributed by atoms with Gasteiger partial charge in [0.05, 0.1) is 6.04 Å². The van der Waals surface area contributed by atoms with E-state index in [1.807, 2.05) is 59.1 Å². The Morgan fingerprint density at radius 1 is 1.12 bits per heavy atom. The Hall–Kier alpha value is -3.15. The molecule has 0 aliphatic carbocycles. The highest BCUT2D eigenvalue weighted by molar-refractivity contribution is 5.98. The van der Waals surface area contributed by atoms with Crippen LogP contribution in [0.15, 0.2) is 54.7 Å². The van der Waals surface area contributed by atoms with Crippen LogP contribution >= 0.6 is 0 Å². The number of nitrogens with one attached hydrogen (secondary N) is 2. The third kappa shape index (κ3) is 2.76. The van der Waals surface area contributed by atoms with Gasteiger partial charge in [-0.1, -0.05) is 38.1 Å². The molecule has 3 heterocycles. The summed E-state index contributed by atoms with van der Waals surface area (Å²) in [7, 11) is 0. The van der Waals surface area contributed by atoms with Gasteiger partial charge in [0.25, 0.3) is 5.91 Å². The topological polar surface area (TPSA) is 75.1 Å². The Balaban J connectivity index is 1.66. The maximum atomic E-state index is 12.8. The van der Waals surface area contributed by atoms with Gasteiger partial charge in [0.15, 0.2) is 11.5 Å². The summed E-state index contributed by atoms with van der Waals surface area (Å²) in [4.78, 5) is 15.9. The molecule has 1 amide bonds. The van der Waals surface area contributed by atoms with Crippen molar-refractivity contribution in [2.75, 3.05) is 0 Å². The van der Waals surface area contributed by atoms with Crippen molar-refractivity contribution in [3.8, 4) is 0 Å². The quantitative estimate of drug-likeness (QED) is 0.601. The van der Waals surface area contributed by atoms with Crippen molar-refractivity contribution in [2.45, 2.75) is 19.9 Å². The summed E-state index contributed by atoms with van der Waals surface area (Å²) in [5, 5.41) is 12.6. The lowest BCUT2D eigenvalue weighted by Crippen LogP contribution is -2.33. The second-order valence-corrected chi connectivity index (χ2v) is 6.45. The number of carbonyl (C=O) groups excluding carboxylic acids is 1. The van der Waals surface area contributed by atoms with Crippen LogP contribution in [-0.4, -0.2) is 25.5 Å². The number of nitrogens with zero attached hydrogens (tertiary/aromatic N) is 3. The predicted molar refractivity (Wildman–Crippen MR) is 96.3 cm³/mol. The number of hydrogen-bond acceptors (Lipinski definition) is 3. The van der Waals surface area contributed by atoms with Crippen LogP contribution in [0.5, 0.6) is 0 Å². The monoisotopic (exact) mass is 333 g/mol. The van der Waals surface area contributed by atoms with Gasteiger partial charge in [-0.25, -0.2) is 0 Å². The first-order valence-electron chi connectivity index (χ1n) is 8.32. The third-order valence-electron chi connectivity index (χ3n) is 4.35. The van der Waals surface area contributed by atoms with Gasteiger partial charge in [-0.15, -0.1) is 10.2 Å². The van der Waals surface area contributed by atoms with Gasteiger partial charge in [-0.3, -0.25) is 9.20 Å². The summed E-state index contributed by atoms with van der Waals surface area (Å²) in [5.74, 6) is 0.749. The summed E-state index contributed by atoms with van der Waals surface area (Å²) >= 11 is 0. The zero-order chi connectivity index (χ0) is 17.4. The Morgan fingerprint density at radius 2 is 1.92 bits per heavy atom. The van der Waals surface area contributed by atoms with Crippen LogP contribution < -0.4 is 5.32 Å². The zero-order valence-electron chi connectivity index (χ0n) is 14.1. The van der Waals surface area contributed by atoms with Crippen LogP contribution in [0.3, 0.4) is 0 Å². The second kappa shape index (κ2) is 6.05. The van der Waals surface area contributed by atoms with Crippen molar-refractivity contribution in [3.63, 3.8) is 0 Å². The van der Waals surface area contributed by atoms with E-state index in [1.54, 1.807) is 0 Å². The number of benzene rings is 1. The smallest absolute Gasteiger partial charge is 0.268 e. The molecule has 0 aliphatic heterocycles. The molecule has 1 unspecified atom stereocenters. The fraction of sp³-hybridized carbons (Fsp3) is 0.211. The van der Waals surface area contributed by atoms with Gasteiger partial charge >= 0.3 is 0 Å². The van der Waals surface area contributed by atoms with Crippen molar-refractivity contribution in [1.82, 2.24) is 24.9 Å². The standard InChI is InChI=1S/C19H19N5O/c1-12(2)17(18-23-22-16-9-5-6-10-24(16)18)21-19(25)15-11-13-7-3-4-8-14(13)20-15/h3-12,17,20H,1-2H3,(H,21,25). The van der Waals surface area contributed by atoms with Crippen molar-refractivity contribution in [3.05, 3.63) is 66.2 Å². The molecule has 4 rings (SSSR count). The van der Waals surface area contributed by atoms with Gasteiger partial charge in [0.1, 0.15) is 5.69 Å². The van der Waals surface area contributed by atoms with Gasteiger partial charge in [-0.2, -0.15) is 0 Å². The number of para-hydroxylation sites is 1. The first-order chi connectivity index (χ1) is 12.1. The van der Waals surface area contributed by atoms with Gasteiger partial charge in [0.2, 0.25) is 0 Å². The molecule has 0 saturated heterocycles. The molecule has 0 aliphatic rings. The molecule has 1 atom stereocenters. The molecule has 6 heteroatoms. The molecule has 0 bridgehead atoms. The highest BCUT2D eigenvalue weighted by Crippen LogP contribution is 2.22. The van der Waals surface area contributed by atoms with Crippen molar-refractivity contribution in [1.29, 1.82) is 0 Å². The molecule has 2 N–H and O–H groups in total. The Labute approximate surface area is 144 Å². The van der Waals surface area contributed by atoms with E-state index in [0.717, 1.165) is 22.4 Å². The van der Waals surface area contributed by atoms with Crippen LogP contribution in [0.4, 0.5) is 0 Å². The molecule has 1 aromatic carbocycles. The van der Waals surface area contributed by atoms with Gasteiger partial charge < -0.3 is 10.3 Å². The number of carbonyl (C=O) groups is 1.